The first-order chi connectivity index (χ1) is 8.39. The van der Waals surface area contributed by atoms with E-state index < -0.39 is 11.7 Å². The van der Waals surface area contributed by atoms with Crippen molar-refractivity contribution in [2.75, 3.05) is 5.73 Å². The Labute approximate surface area is 102 Å². The molecule has 18 heavy (non-hydrogen) atoms. The summed E-state index contributed by atoms with van der Waals surface area (Å²) in [5.41, 5.74) is 5.84. The van der Waals surface area contributed by atoms with E-state index in [1.807, 2.05) is 0 Å². The van der Waals surface area contributed by atoms with Crippen LogP contribution in [0.2, 0.25) is 0 Å². The van der Waals surface area contributed by atoms with Gasteiger partial charge >= 0.3 is 6.18 Å². The number of nitrogens with zero attached hydrogens (tertiary/aromatic N) is 2. The molecule has 0 bridgehead atoms. The van der Waals surface area contributed by atoms with Gasteiger partial charge in [0.15, 0.2) is 0 Å². The lowest BCUT2D eigenvalue weighted by atomic mass is 10.0. The van der Waals surface area contributed by atoms with E-state index in [4.69, 9.17) is 5.73 Å². The molecular formula is C12H12F3N3. The van der Waals surface area contributed by atoms with Crippen molar-refractivity contribution in [2.24, 2.45) is 7.05 Å². The number of para-hydroxylation sites is 1. The summed E-state index contributed by atoms with van der Waals surface area (Å²) in [7, 11) is 1.74. The van der Waals surface area contributed by atoms with Gasteiger partial charge in [0.2, 0.25) is 0 Å². The molecule has 0 atom stereocenters. The van der Waals surface area contributed by atoms with Gasteiger partial charge in [0.25, 0.3) is 0 Å². The molecule has 0 saturated heterocycles. The van der Waals surface area contributed by atoms with Crippen molar-refractivity contribution in [3.8, 4) is 0 Å². The molecule has 1 aromatic carbocycles. The molecule has 1 aromatic heterocycles. The minimum atomic E-state index is -4.42. The van der Waals surface area contributed by atoms with Crippen LogP contribution in [0, 0.1) is 0 Å². The summed E-state index contributed by atoms with van der Waals surface area (Å²) in [4.78, 5) is 0. The highest BCUT2D eigenvalue weighted by Gasteiger charge is 2.33. The zero-order chi connectivity index (χ0) is 13.3. The second kappa shape index (κ2) is 4.36. The van der Waals surface area contributed by atoms with Crippen LogP contribution in [-0.2, 0) is 19.6 Å². The van der Waals surface area contributed by atoms with E-state index in [0.717, 1.165) is 11.8 Å². The van der Waals surface area contributed by atoms with Crippen LogP contribution in [0.25, 0.3) is 0 Å². The first kappa shape index (κ1) is 12.5. The van der Waals surface area contributed by atoms with E-state index in [2.05, 4.69) is 5.10 Å². The number of nitrogen functional groups attached to an aromatic ring is 1. The number of hydrogen-bond donors (Lipinski definition) is 1. The van der Waals surface area contributed by atoms with Crippen molar-refractivity contribution >= 4 is 5.69 Å². The third kappa shape index (κ3) is 2.32. The molecule has 0 amide bonds. The van der Waals surface area contributed by atoms with Crippen LogP contribution in [0.5, 0.6) is 0 Å². The Balaban J connectivity index is 2.38. The average molecular weight is 255 g/mol. The number of aryl methyl sites for hydroxylation is 1. The van der Waals surface area contributed by atoms with Crippen LogP contribution in [0.15, 0.2) is 30.5 Å². The molecule has 0 aliphatic rings. The average Bonchev–Trinajstić information content (AvgIpc) is 2.66. The normalized spacial score (nSPS) is 11.8. The lowest BCUT2D eigenvalue weighted by Gasteiger charge is -2.13. The largest absolute Gasteiger partial charge is 0.418 e. The summed E-state index contributed by atoms with van der Waals surface area (Å²) in [6.07, 6.45) is -2.50. The zero-order valence-corrected chi connectivity index (χ0v) is 9.70. The predicted octanol–water partition coefficient (Wildman–Crippen LogP) is 2.61. The molecule has 2 rings (SSSR count). The molecule has 0 aliphatic heterocycles. The van der Waals surface area contributed by atoms with Crippen molar-refractivity contribution in [2.45, 2.75) is 12.6 Å². The first-order valence-corrected chi connectivity index (χ1v) is 5.31. The third-order valence-corrected chi connectivity index (χ3v) is 2.80. The Morgan fingerprint density at radius 1 is 1.28 bits per heavy atom. The Morgan fingerprint density at radius 3 is 2.56 bits per heavy atom. The van der Waals surface area contributed by atoms with Crippen molar-refractivity contribution in [3.63, 3.8) is 0 Å². The maximum Gasteiger partial charge on any atom is 0.418 e. The quantitative estimate of drug-likeness (QED) is 0.838. The predicted molar refractivity (Wildman–Crippen MR) is 61.9 cm³/mol. The number of benzene rings is 1. The van der Waals surface area contributed by atoms with Crippen LogP contribution in [0.4, 0.5) is 18.9 Å². The highest BCUT2D eigenvalue weighted by atomic mass is 19.4. The van der Waals surface area contributed by atoms with Crippen LogP contribution in [0.1, 0.15) is 16.8 Å². The molecule has 2 N–H and O–H groups in total. The van der Waals surface area contributed by atoms with Crippen LogP contribution in [-0.4, -0.2) is 9.78 Å². The Morgan fingerprint density at radius 2 is 2.00 bits per heavy atom. The van der Waals surface area contributed by atoms with Gasteiger partial charge in [-0.05, 0) is 17.7 Å². The van der Waals surface area contributed by atoms with Crippen LogP contribution < -0.4 is 5.73 Å². The standard InChI is InChI=1S/C12H12F3N3/c1-18-9(5-6-17-18)7-8-3-2-4-10(11(8)16)12(13,14)15/h2-6H,7,16H2,1H3. The highest BCUT2D eigenvalue weighted by molar-refractivity contribution is 5.56. The second-order valence-corrected chi connectivity index (χ2v) is 4.00. The fourth-order valence-corrected chi connectivity index (χ4v) is 1.78. The minimum Gasteiger partial charge on any atom is -0.398 e. The molecule has 96 valence electrons. The Kier molecular flexibility index (Phi) is 3.02. The fourth-order valence-electron chi connectivity index (χ4n) is 1.78. The summed E-state index contributed by atoms with van der Waals surface area (Å²) in [5.74, 6) is 0. The van der Waals surface area contributed by atoms with Gasteiger partial charge in [-0.3, -0.25) is 4.68 Å². The Bertz CT molecular complexity index is 558. The van der Waals surface area contributed by atoms with Gasteiger partial charge in [-0.1, -0.05) is 12.1 Å². The zero-order valence-electron chi connectivity index (χ0n) is 9.70. The second-order valence-electron chi connectivity index (χ2n) is 4.00. The van der Waals surface area contributed by atoms with E-state index >= 15 is 0 Å². The summed E-state index contributed by atoms with van der Waals surface area (Å²) in [6.45, 7) is 0. The van der Waals surface area contributed by atoms with Gasteiger partial charge in [0, 0.05) is 31.0 Å². The van der Waals surface area contributed by atoms with Gasteiger partial charge < -0.3 is 5.73 Å². The van der Waals surface area contributed by atoms with E-state index in [-0.39, 0.29) is 5.69 Å². The summed E-state index contributed by atoms with van der Waals surface area (Å²) < 4.78 is 39.7. The molecule has 0 unspecified atom stereocenters. The molecule has 0 aliphatic carbocycles. The number of halogens is 3. The van der Waals surface area contributed by atoms with E-state index in [9.17, 15) is 13.2 Å². The number of hydrogen-bond acceptors (Lipinski definition) is 2. The monoisotopic (exact) mass is 255 g/mol. The van der Waals surface area contributed by atoms with E-state index in [1.165, 1.54) is 6.07 Å². The fraction of sp³-hybridized carbons (Fsp3) is 0.250. The first-order valence-electron chi connectivity index (χ1n) is 5.31. The minimum absolute atomic E-state index is 0.216. The van der Waals surface area contributed by atoms with Crippen molar-refractivity contribution in [1.82, 2.24) is 9.78 Å². The molecule has 6 heteroatoms. The molecule has 0 fully saturated rings. The number of nitrogens with two attached hydrogens (primary N) is 1. The van der Waals surface area contributed by atoms with Gasteiger partial charge in [-0.15, -0.1) is 0 Å². The van der Waals surface area contributed by atoms with Crippen molar-refractivity contribution in [1.29, 1.82) is 0 Å². The Hall–Kier alpha value is -1.98. The lowest BCUT2D eigenvalue weighted by Crippen LogP contribution is -2.11. The smallest absolute Gasteiger partial charge is 0.398 e. The highest BCUT2D eigenvalue weighted by Crippen LogP contribution is 2.35. The summed E-state index contributed by atoms with van der Waals surface area (Å²) >= 11 is 0. The molecule has 0 radical (unpaired) electrons. The van der Waals surface area contributed by atoms with Gasteiger partial charge in [0.05, 0.1) is 5.56 Å². The molecule has 1 heterocycles. The van der Waals surface area contributed by atoms with E-state index in [0.29, 0.717) is 12.0 Å². The van der Waals surface area contributed by atoms with Gasteiger partial charge in [0.1, 0.15) is 0 Å². The lowest BCUT2D eigenvalue weighted by molar-refractivity contribution is -0.136. The SMILES string of the molecule is Cn1nccc1Cc1cccc(C(F)(F)F)c1N. The molecule has 2 aromatic rings. The maximum absolute atomic E-state index is 12.7. The number of anilines is 1. The van der Waals surface area contributed by atoms with Crippen molar-refractivity contribution < 1.29 is 13.2 Å². The van der Waals surface area contributed by atoms with Gasteiger partial charge in [-0.2, -0.15) is 18.3 Å². The topological polar surface area (TPSA) is 43.8 Å². The molecule has 0 saturated carbocycles. The molecular weight excluding hydrogens is 243 g/mol. The summed E-state index contributed by atoms with van der Waals surface area (Å²) in [5, 5.41) is 3.97. The maximum atomic E-state index is 12.7. The number of alkyl halides is 3. The van der Waals surface area contributed by atoms with Gasteiger partial charge in [-0.25, -0.2) is 0 Å². The molecule has 3 nitrogen and oxygen atoms in total. The summed E-state index contributed by atoms with van der Waals surface area (Å²) in [6, 6.07) is 5.70. The van der Waals surface area contributed by atoms with Crippen LogP contribution >= 0.6 is 0 Å². The van der Waals surface area contributed by atoms with Crippen LogP contribution in [0.3, 0.4) is 0 Å². The number of aromatic nitrogens is 2. The third-order valence-electron chi connectivity index (χ3n) is 2.80. The number of rotatable bonds is 2. The molecule has 0 spiro atoms. The van der Waals surface area contributed by atoms with E-state index in [1.54, 1.807) is 30.1 Å². The van der Waals surface area contributed by atoms with Crippen molar-refractivity contribution in [3.05, 3.63) is 47.3 Å².